The molecule has 0 unspecified atom stereocenters. The topological polar surface area (TPSA) is 60.7 Å². The third-order valence-electron chi connectivity index (χ3n) is 6.06. The molecule has 0 fully saturated rings. The molecule has 3 N–H and O–H groups in total. The van der Waals surface area contributed by atoms with Crippen LogP contribution in [0.25, 0.3) is 5.57 Å². The molecule has 3 aromatic rings. The Hall–Kier alpha value is -3.20. The summed E-state index contributed by atoms with van der Waals surface area (Å²) in [6.45, 7) is 14.5. The van der Waals surface area contributed by atoms with Crippen LogP contribution in [0.3, 0.4) is 0 Å². The molecule has 0 bridgehead atoms. The van der Waals surface area contributed by atoms with Crippen LogP contribution in [-0.2, 0) is 12.8 Å². The van der Waals surface area contributed by atoms with Crippen molar-refractivity contribution in [3.05, 3.63) is 94.1 Å². The number of hydrogen-bond donors (Lipinski definition) is 3. The number of phenolic OH excluding ortho intramolecular Hbond substituents is 3. The standard InChI is InChI=1S/C29H34O3/c1-17(2)20-7-9-27(30)23(11-20)15-25-13-22(19(5)6)14-26(29(25)32)16-24-12-21(18(3)4)8-10-28(24)31/h7-14,17-18,30-32H,5,15-16H2,1-4,6H3. The van der Waals surface area contributed by atoms with Gasteiger partial charge in [-0.3, -0.25) is 0 Å². The van der Waals surface area contributed by atoms with Crippen LogP contribution in [-0.4, -0.2) is 15.3 Å². The number of allylic oxidation sites excluding steroid dienone is 1. The molecule has 0 aliphatic carbocycles. The van der Waals surface area contributed by atoms with E-state index in [1.54, 1.807) is 12.1 Å². The van der Waals surface area contributed by atoms with Crippen LogP contribution in [0.5, 0.6) is 17.2 Å². The predicted octanol–water partition coefficient (Wildman–Crippen LogP) is 7.26. The normalized spacial score (nSPS) is 11.3. The van der Waals surface area contributed by atoms with Gasteiger partial charge in [0.25, 0.3) is 0 Å². The summed E-state index contributed by atoms with van der Waals surface area (Å²) in [7, 11) is 0. The van der Waals surface area contributed by atoms with Gasteiger partial charge in [0.1, 0.15) is 17.2 Å². The maximum atomic E-state index is 11.2. The number of phenols is 3. The van der Waals surface area contributed by atoms with Crippen molar-refractivity contribution in [1.29, 1.82) is 0 Å². The summed E-state index contributed by atoms with van der Waals surface area (Å²) in [4.78, 5) is 0. The van der Waals surface area contributed by atoms with Gasteiger partial charge in [0.05, 0.1) is 0 Å². The first-order valence-corrected chi connectivity index (χ1v) is 11.2. The van der Waals surface area contributed by atoms with Crippen molar-refractivity contribution in [1.82, 2.24) is 0 Å². The third kappa shape index (κ3) is 5.16. The van der Waals surface area contributed by atoms with E-state index in [-0.39, 0.29) is 17.2 Å². The highest BCUT2D eigenvalue weighted by atomic mass is 16.3. The Morgan fingerprint density at radius 3 is 1.44 bits per heavy atom. The quantitative estimate of drug-likeness (QED) is 0.369. The van der Waals surface area contributed by atoms with Crippen LogP contribution >= 0.6 is 0 Å². The average Bonchev–Trinajstić information content (AvgIpc) is 2.73. The molecule has 168 valence electrons. The summed E-state index contributed by atoms with van der Waals surface area (Å²) in [5.74, 6) is 1.32. The van der Waals surface area contributed by atoms with Crippen LogP contribution < -0.4 is 0 Å². The maximum absolute atomic E-state index is 11.2. The van der Waals surface area contributed by atoms with E-state index < -0.39 is 0 Å². The van der Waals surface area contributed by atoms with Crippen molar-refractivity contribution >= 4 is 5.57 Å². The minimum atomic E-state index is 0.193. The molecule has 3 heteroatoms. The highest BCUT2D eigenvalue weighted by Crippen LogP contribution is 2.35. The fourth-order valence-corrected chi connectivity index (χ4v) is 3.90. The smallest absolute Gasteiger partial charge is 0.122 e. The molecule has 0 radical (unpaired) electrons. The summed E-state index contributed by atoms with van der Waals surface area (Å²) >= 11 is 0. The third-order valence-corrected chi connectivity index (χ3v) is 6.06. The van der Waals surface area contributed by atoms with Gasteiger partial charge in [-0.1, -0.05) is 64.1 Å². The Balaban J connectivity index is 2.06. The van der Waals surface area contributed by atoms with Crippen molar-refractivity contribution in [3.63, 3.8) is 0 Å². The number of hydrogen-bond acceptors (Lipinski definition) is 3. The predicted molar refractivity (Wildman–Crippen MR) is 133 cm³/mol. The zero-order chi connectivity index (χ0) is 23.6. The molecule has 0 atom stereocenters. The fraction of sp³-hybridized carbons (Fsp3) is 0.310. The minimum absolute atomic E-state index is 0.193. The van der Waals surface area contributed by atoms with Crippen molar-refractivity contribution in [2.45, 2.75) is 59.3 Å². The first kappa shape index (κ1) is 23.5. The van der Waals surface area contributed by atoms with E-state index in [9.17, 15) is 15.3 Å². The lowest BCUT2D eigenvalue weighted by Crippen LogP contribution is -1.99. The highest BCUT2D eigenvalue weighted by Gasteiger charge is 2.16. The summed E-state index contributed by atoms with van der Waals surface area (Å²) in [6, 6.07) is 15.2. The summed E-state index contributed by atoms with van der Waals surface area (Å²) < 4.78 is 0. The van der Waals surface area contributed by atoms with Gasteiger partial charge in [0, 0.05) is 12.8 Å². The van der Waals surface area contributed by atoms with Crippen LogP contribution in [0.15, 0.2) is 55.1 Å². The molecule has 0 saturated heterocycles. The minimum Gasteiger partial charge on any atom is -0.508 e. The highest BCUT2D eigenvalue weighted by molar-refractivity contribution is 5.66. The molecule has 3 nitrogen and oxygen atoms in total. The molecule has 0 amide bonds. The maximum Gasteiger partial charge on any atom is 0.122 e. The van der Waals surface area contributed by atoms with Gasteiger partial charge in [0.15, 0.2) is 0 Å². The lowest BCUT2D eigenvalue weighted by Gasteiger charge is -2.16. The summed E-state index contributed by atoms with van der Waals surface area (Å²) in [6.07, 6.45) is 0.814. The Morgan fingerprint density at radius 2 is 1.09 bits per heavy atom. The molecule has 0 saturated carbocycles. The molecule has 3 aromatic carbocycles. The van der Waals surface area contributed by atoms with Gasteiger partial charge < -0.3 is 15.3 Å². The van der Waals surface area contributed by atoms with Gasteiger partial charge in [-0.25, -0.2) is 0 Å². The van der Waals surface area contributed by atoms with Crippen molar-refractivity contribution < 1.29 is 15.3 Å². The molecule has 0 heterocycles. The van der Waals surface area contributed by atoms with E-state index in [0.717, 1.165) is 44.5 Å². The van der Waals surface area contributed by atoms with Crippen LogP contribution in [0.2, 0.25) is 0 Å². The monoisotopic (exact) mass is 430 g/mol. The van der Waals surface area contributed by atoms with Crippen LogP contribution in [0.4, 0.5) is 0 Å². The first-order valence-electron chi connectivity index (χ1n) is 11.2. The Kier molecular flexibility index (Phi) is 6.98. The Bertz CT molecular complexity index is 1060. The summed E-state index contributed by atoms with van der Waals surface area (Å²) in [5.41, 5.74) is 7.14. The number of rotatable bonds is 7. The van der Waals surface area contributed by atoms with Gasteiger partial charge in [-0.05, 0) is 82.0 Å². The second kappa shape index (κ2) is 9.52. The lowest BCUT2D eigenvalue weighted by molar-refractivity contribution is 0.456. The average molecular weight is 431 g/mol. The SMILES string of the molecule is C=C(C)c1cc(Cc2cc(C(C)C)ccc2O)c(O)c(Cc2cc(C(C)C)ccc2O)c1. The van der Waals surface area contributed by atoms with E-state index >= 15 is 0 Å². The van der Waals surface area contributed by atoms with E-state index in [1.165, 1.54) is 0 Å². The zero-order valence-corrected chi connectivity index (χ0v) is 19.7. The lowest BCUT2D eigenvalue weighted by atomic mass is 9.90. The van der Waals surface area contributed by atoms with Gasteiger partial charge in [0.2, 0.25) is 0 Å². The molecular formula is C29H34O3. The first-order chi connectivity index (χ1) is 15.1. The molecule has 0 spiro atoms. The van der Waals surface area contributed by atoms with E-state index in [2.05, 4.69) is 34.3 Å². The Labute approximate surface area is 191 Å². The second-order valence-corrected chi connectivity index (χ2v) is 9.36. The summed E-state index contributed by atoms with van der Waals surface area (Å²) in [5, 5.41) is 32.0. The van der Waals surface area contributed by atoms with Crippen LogP contribution in [0, 0.1) is 0 Å². The van der Waals surface area contributed by atoms with Crippen molar-refractivity contribution in [2.24, 2.45) is 0 Å². The number of benzene rings is 3. The largest absolute Gasteiger partial charge is 0.508 e. The van der Waals surface area contributed by atoms with Gasteiger partial charge >= 0.3 is 0 Å². The molecule has 0 aromatic heterocycles. The molecular weight excluding hydrogens is 396 g/mol. The fourth-order valence-electron chi connectivity index (χ4n) is 3.90. The second-order valence-electron chi connectivity index (χ2n) is 9.36. The van der Waals surface area contributed by atoms with E-state index in [4.69, 9.17) is 0 Å². The van der Waals surface area contributed by atoms with Crippen molar-refractivity contribution in [3.8, 4) is 17.2 Å². The molecule has 0 aliphatic rings. The van der Waals surface area contributed by atoms with Gasteiger partial charge in [-0.15, -0.1) is 0 Å². The Morgan fingerprint density at radius 1 is 0.688 bits per heavy atom. The molecule has 32 heavy (non-hydrogen) atoms. The molecule has 3 rings (SSSR count). The number of aromatic hydroxyl groups is 3. The van der Waals surface area contributed by atoms with Gasteiger partial charge in [-0.2, -0.15) is 0 Å². The van der Waals surface area contributed by atoms with E-state index in [0.29, 0.717) is 24.7 Å². The van der Waals surface area contributed by atoms with E-state index in [1.807, 2.05) is 43.3 Å². The zero-order valence-electron chi connectivity index (χ0n) is 19.7. The van der Waals surface area contributed by atoms with Crippen LogP contribution in [0.1, 0.15) is 85.4 Å². The van der Waals surface area contributed by atoms with Crippen molar-refractivity contribution in [2.75, 3.05) is 0 Å². The molecule has 0 aliphatic heterocycles.